The first-order valence-corrected chi connectivity index (χ1v) is 9.36. The summed E-state index contributed by atoms with van der Waals surface area (Å²) in [5, 5.41) is 12.3. The average Bonchev–Trinajstić information content (AvgIpc) is 3.46. The Balaban J connectivity index is 1.62. The molecule has 0 spiro atoms. The van der Waals surface area contributed by atoms with Crippen LogP contribution in [-0.2, 0) is 4.79 Å². The number of nitrogens with zero attached hydrogens (tertiary/aromatic N) is 3. The van der Waals surface area contributed by atoms with Gasteiger partial charge in [0.2, 0.25) is 0 Å². The van der Waals surface area contributed by atoms with Crippen molar-refractivity contribution in [1.29, 1.82) is 5.26 Å². The summed E-state index contributed by atoms with van der Waals surface area (Å²) in [6, 6.07) is 14.7. The number of carbonyl (C=O) groups is 1. The standard InChI is InChI=1S/C22H26N4O/c1-16-13-18(17(2)26(16)21-9-10-21)14-19(15-23)22(27)24-11-12-25(3)20-7-5-4-6-8-20/h4-8,13-14,21H,9-12H2,1-3H3,(H,24,27)/b19-14+. The predicted octanol–water partition coefficient (Wildman–Crippen LogP) is 3.60. The van der Waals surface area contributed by atoms with Crippen LogP contribution in [0.15, 0.2) is 42.0 Å². The number of benzene rings is 1. The van der Waals surface area contributed by atoms with Crippen LogP contribution in [0.5, 0.6) is 0 Å². The Bertz CT molecular complexity index is 885. The minimum atomic E-state index is -0.324. The van der Waals surface area contributed by atoms with Crippen molar-refractivity contribution in [3.8, 4) is 6.07 Å². The molecule has 0 saturated heterocycles. The summed E-state index contributed by atoms with van der Waals surface area (Å²) in [4.78, 5) is 14.5. The van der Waals surface area contributed by atoms with E-state index in [0.29, 0.717) is 19.1 Å². The van der Waals surface area contributed by atoms with E-state index in [0.717, 1.165) is 16.9 Å². The Kier molecular flexibility index (Phi) is 5.66. The van der Waals surface area contributed by atoms with Gasteiger partial charge in [0, 0.05) is 43.3 Å². The molecule has 3 rings (SSSR count). The van der Waals surface area contributed by atoms with Crippen molar-refractivity contribution in [2.45, 2.75) is 32.7 Å². The number of amides is 1. The van der Waals surface area contributed by atoms with E-state index in [-0.39, 0.29) is 11.5 Å². The number of anilines is 1. The monoisotopic (exact) mass is 362 g/mol. The maximum Gasteiger partial charge on any atom is 0.262 e. The van der Waals surface area contributed by atoms with Crippen LogP contribution in [0.4, 0.5) is 5.69 Å². The van der Waals surface area contributed by atoms with E-state index in [1.807, 2.05) is 43.4 Å². The molecular formula is C22H26N4O. The van der Waals surface area contributed by atoms with E-state index in [9.17, 15) is 10.1 Å². The maximum absolute atomic E-state index is 12.4. The maximum atomic E-state index is 12.4. The average molecular weight is 362 g/mol. The highest BCUT2D eigenvalue weighted by atomic mass is 16.1. The van der Waals surface area contributed by atoms with Gasteiger partial charge in [-0.25, -0.2) is 0 Å². The summed E-state index contributed by atoms with van der Waals surface area (Å²) in [7, 11) is 1.98. The zero-order valence-electron chi connectivity index (χ0n) is 16.2. The summed E-state index contributed by atoms with van der Waals surface area (Å²) in [5.41, 5.74) is 4.50. The molecule has 1 heterocycles. The molecule has 1 aliphatic carbocycles. The third-order valence-corrected chi connectivity index (χ3v) is 5.03. The van der Waals surface area contributed by atoms with Gasteiger partial charge in [0.25, 0.3) is 5.91 Å². The molecule has 27 heavy (non-hydrogen) atoms. The van der Waals surface area contributed by atoms with Crippen molar-refractivity contribution in [2.75, 3.05) is 25.0 Å². The van der Waals surface area contributed by atoms with Crippen LogP contribution in [0.3, 0.4) is 0 Å². The molecule has 1 aliphatic rings. The highest BCUT2D eigenvalue weighted by Gasteiger charge is 2.26. The molecule has 0 atom stereocenters. The lowest BCUT2D eigenvalue weighted by atomic mass is 10.1. The van der Waals surface area contributed by atoms with Crippen LogP contribution in [0.2, 0.25) is 0 Å². The molecule has 1 fully saturated rings. The van der Waals surface area contributed by atoms with Crippen LogP contribution in [0.25, 0.3) is 6.08 Å². The molecule has 1 N–H and O–H groups in total. The van der Waals surface area contributed by atoms with Crippen LogP contribution in [0.1, 0.15) is 35.8 Å². The number of carbonyl (C=O) groups excluding carboxylic acids is 1. The zero-order valence-corrected chi connectivity index (χ0v) is 16.2. The summed E-state index contributed by atoms with van der Waals surface area (Å²) < 4.78 is 2.31. The van der Waals surface area contributed by atoms with Gasteiger partial charge in [0.05, 0.1) is 0 Å². The summed E-state index contributed by atoms with van der Waals surface area (Å²) in [5.74, 6) is -0.324. The zero-order chi connectivity index (χ0) is 19.4. The van der Waals surface area contributed by atoms with Gasteiger partial charge in [-0.15, -0.1) is 0 Å². The van der Waals surface area contributed by atoms with Gasteiger partial charge >= 0.3 is 0 Å². The minimum absolute atomic E-state index is 0.147. The van der Waals surface area contributed by atoms with Crippen molar-refractivity contribution in [2.24, 2.45) is 0 Å². The molecule has 0 radical (unpaired) electrons. The predicted molar refractivity (Wildman–Crippen MR) is 108 cm³/mol. The third-order valence-electron chi connectivity index (χ3n) is 5.03. The van der Waals surface area contributed by atoms with Gasteiger partial charge in [-0.1, -0.05) is 18.2 Å². The number of para-hydroxylation sites is 1. The second kappa shape index (κ2) is 8.13. The number of likely N-dealkylation sites (N-methyl/N-ethyl adjacent to an activating group) is 1. The Morgan fingerprint density at radius 2 is 2.04 bits per heavy atom. The van der Waals surface area contributed by atoms with Gasteiger partial charge < -0.3 is 14.8 Å². The summed E-state index contributed by atoms with van der Waals surface area (Å²) >= 11 is 0. The quantitative estimate of drug-likeness (QED) is 0.605. The molecule has 5 nitrogen and oxygen atoms in total. The lowest BCUT2D eigenvalue weighted by Gasteiger charge is -2.19. The Morgan fingerprint density at radius 1 is 1.33 bits per heavy atom. The van der Waals surface area contributed by atoms with Gasteiger partial charge in [-0.3, -0.25) is 4.79 Å². The third kappa shape index (κ3) is 4.40. The first-order valence-electron chi connectivity index (χ1n) is 9.36. The fraction of sp³-hybridized carbons (Fsp3) is 0.364. The molecule has 140 valence electrons. The molecule has 0 bridgehead atoms. The first kappa shape index (κ1) is 18.8. The first-order chi connectivity index (χ1) is 13.0. The van der Waals surface area contributed by atoms with Gasteiger partial charge in [-0.2, -0.15) is 5.26 Å². The topological polar surface area (TPSA) is 61.1 Å². The number of hydrogen-bond acceptors (Lipinski definition) is 3. The van der Waals surface area contributed by atoms with E-state index < -0.39 is 0 Å². The molecule has 1 saturated carbocycles. The van der Waals surface area contributed by atoms with Crippen LogP contribution < -0.4 is 10.2 Å². The number of nitrogens with one attached hydrogen (secondary N) is 1. The summed E-state index contributed by atoms with van der Waals surface area (Å²) in [6.07, 6.45) is 4.12. The second-order valence-corrected chi connectivity index (χ2v) is 7.11. The molecule has 0 aliphatic heterocycles. The lowest BCUT2D eigenvalue weighted by molar-refractivity contribution is -0.116. The fourth-order valence-electron chi connectivity index (χ4n) is 3.39. The van der Waals surface area contributed by atoms with E-state index in [2.05, 4.69) is 34.7 Å². The number of hydrogen-bond donors (Lipinski definition) is 1. The molecular weight excluding hydrogens is 336 g/mol. The summed E-state index contributed by atoms with van der Waals surface area (Å²) in [6.45, 7) is 5.28. The largest absolute Gasteiger partial charge is 0.373 e. The molecule has 0 unspecified atom stereocenters. The number of rotatable bonds is 7. The van der Waals surface area contributed by atoms with Crippen LogP contribution in [0, 0.1) is 25.2 Å². The number of aryl methyl sites for hydroxylation is 1. The van der Waals surface area contributed by atoms with E-state index in [4.69, 9.17) is 0 Å². The van der Waals surface area contributed by atoms with E-state index in [1.54, 1.807) is 6.08 Å². The Hall–Kier alpha value is -3.00. The SMILES string of the molecule is Cc1cc(/C=C(\C#N)C(=O)NCCN(C)c2ccccc2)c(C)n1C1CC1. The van der Waals surface area contributed by atoms with Crippen molar-refractivity contribution in [3.63, 3.8) is 0 Å². The second-order valence-electron chi connectivity index (χ2n) is 7.11. The van der Waals surface area contributed by atoms with Crippen molar-refractivity contribution < 1.29 is 4.79 Å². The van der Waals surface area contributed by atoms with Gasteiger partial charge in [0.15, 0.2) is 0 Å². The highest BCUT2D eigenvalue weighted by molar-refractivity contribution is 6.01. The highest BCUT2D eigenvalue weighted by Crippen LogP contribution is 2.38. The van der Waals surface area contributed by atoms with Crippen LogP contribution in [-0.4, -0.2) is 30.6 Å². The normalized spacial score (nSPS) is 13.9. The Morgan fingerprint density at radius 3 is 2.67 bits per heavy atom. The van der Waals surface area contributed by atoms with Gasteiger partial charge in [0.1, 0.15) is 11.6 Å². The van der Waals surface area contributed by atoms with Crippen molar-refractivity contribution in [3.05, 3.63) is 58.9 Å². The lowest BCUT2D eigenvalue weighted by Crippen LogP contribution is -2.33. The molecule has 1 aromatic heterocycles. The van der Waals surface area contributed by atoms with E-state index in [1.165, 1.54) is 18.5 Å². The smallest absolute Gasteiger partial charge is 0.262 e. The Labute approximate surface area is 160 Å². The van der Waals surface area contributed by atoms with Gasteiger partial charge in [-0.05, 0) is 56.5 Å². The molecule has 1 amide bonds. The molecule has 5 heteroatoms. The number of aromatic nitrogens is 1. The van der Waals surface area contributed by atoms with Crippen LogP contribution >= 0.6 is 0 Å². The molecule has 1 aromatic carbocycles. The van der Waals surface area contributed by atoms with Crippen molar-refractivity contribution >= 4 is 17.7 Å². The molecule has 2 aromatic rings. The fourth-order valence-corrected chi connectivity index (χ4v) is 3.39. The van der Waals surface area contributed by atoms with E-state index >= 15 is 0 Å². The van der Waals surface area contributed by atoms with Crippen molar-refractivity contribution in [1.82, 2.24) is 9.88 Å². The minimum Gasteiger partial charge on any atom is -0.373 e. The number of nitriles is 1.